The van der Waals surface area contributed by atoms with Crippen molar-refractivity contribution in [1.82, 2.24) is 4.90 Å². The molecule has 0 spiro atoms. The zero-order valence-corrected chi connectivity index (χ0v) is 36.0. The maximum atomic E-state index is 11.5. The topological polar surface area (TPSA) is 37.6 Å². The molecule has 0 heterocycles. The summed E-state index contributed by atoms with van der Waals surface area (Å²) in [6.07, 6.45) is 0. The molecule has 0 fully saturated rings. The standard InChI is InChI=1S/C35H41N2O.2C7H7.Hf/c1-25-19-26(2)33(27(3)20-25)36-17-18-37(23-28-13-9-7-10-14-28)24-30-21-31(35(4,5)6)22-32(34(30)38)29-15-11-8-12-16-29;2*1-7-5-3-2-4-6-7;/h7-16,19-22,38H,17-18,23-24H2,1-6H3;2*2-6H,1H2;/q3*-1;. The van der Waals surface area contributed by atoms with Gasteiger partial charge in [0.2, 0.25) is 0 Å². The second kappa shape index (κ2) is 21.3. The van der Waals surface area contributed by atoms with E-state index in [-0.39, 0.29) is 31.3 Å². The van der Waals surface area contributed by atoms with E-state index in [1.807, 2.05) is 78.9 Å². The van der Waals surface area contributed by atoms with Crippen molar-refractivity contribution in [2.24, 2.45) is 0 Å². The van der Waals surface area contributed by atoms with Gasteiger partial charge >= 0.3 is 0 Å². The molecule has 53 heavy (non-hydrogen) atoms. The third-order valence-corrected chi connectivity index (χ3v) is 8.79. The van der Waals surface area contributed by atoms with Crippen LogP contribution in [-0.2, 0) is 44.3 Å². The Hall–Kier alpha value is -4.51. The first kappa shape index (κ1) is 42.9. The van der Waals surface area contributed by atoms with E-state index in [1.54, 1.807) is 0 Å². The summed E-state index contributed by atoms with van der Waals surface area (Å²) in [6, 6.07) is 49.2. The fourth-order valence-electron chi connectivity index (χ4n) is 6.06. The van der Waals surface area contributed by atoms with Crippen LogP contribution in [0.1, 0.15) is 65.3 Å². The molecule has 4 heteroatoms. The maximum Gasteiger partial charge on any atom is 0.127 e. The van der Waals surface area contributed by atoms with Crippen molar-refractivity contribution < 1.29 is 30.9 Å². The van der Waals surface area contributed by atoms with Gasteiger partial charge in [-0.05, 0) is 55.5 Å². The molecule has 0 aliphatic carbocycles. The van der Waals surface area contributed by atoms with Crippen molar-refractivity contribution in [3.8, 4) is 16.9 Å². The van der Waals surface area contributed by atoms with Crippen LogP contribution < -0.4 is 0 Å². The fourth-order valence-corrected chi connectivity index (χ4v) is 6.06. The molecule has 0 radical (unpaired) electrons. The summed E-state index contributed by atoms with van der Waals surface area (Å²) in [5.74, 6) is 0.365. The van der Waals surface area contributed by atoms with Crippen LogP contribution in [0.2, 0.25) is 0 Å². The molecular weight excluding hydrogens is 811 g/mol. The number of hydrogen-bond donors (Lipinski definition) is 1. The number of phenolic OH excluding ortho intramolecular Hbond substituents is 1. The Labute approximate surface area is 338 Å². The van der Waals surface area contributed by atoms with Crippen LogP contribution in [-0.4, -0.2) is 23.1 Å². The third kappa shape index (κ3) is 14.1. The van der Waals surface area contributed by atoms with Gasteiger partial charge in [0.15, 0.2) is 0 Å². The minimum Gasteiger partial charge on any atom is -0.683 e. The van der Waals surface area contributed by atoms with E-state index in [2.05, 4.69) is 127 Å². The van der Waals surface area contributed by atoms with Crippen LogP contribution in [0.5, 0.6) is 5.75 Å². The quantitative estimate of drug-likeness (QED) is 0.116. The van der Waals surface area contributed by atoms with Crippen molar-refractivity contribution in [2.45, 2.75) is 60.0 Å². The molecule has 1 N–H and O–H groups in total. The van der Waals surface area contributed by atoms with E-state index in [1.165, 1.54) is 27.8 Å². The molecule has 0 aliphatic heterocycles. The zero-order chi connectivity index (χ0) is 37.5. The predicted octanol–water partition coefficient (Wildman–Crippen LogP) is 12.7. The number of phenols is 1. The molecule has 0 amide bonds. The minimum atomic E-state index is -0.0356. The normalized spacial score (nSPS) is 10.6. The summed E-state index contributed by atoms with van der Waals surface area (Å²) in [5.41, 5.74) is 12.3. The first-order chi connectivity index (χ1) is 24.9. The predicted molar refractivity (Wildman–Crippen MR) is 223 cm³/mol. The average molecular weight is 866 g/mol. The molecule has 0 saturated carbocycles. The van der Waals surface area contributed by atoms with Gasteiger partial charge in [-0.15, -0.1) is 36.5 Å². The molecule has 3 nitrogen and oxygen atoms in total. The second-order valence-electron chi connectivity index (χ2n) is 14.4. The van der Waals surface area contributed by atoms with Crippen molar-refractivity contribution in [2.75, 3.05) is 13.1 Å². The molecule has 6 aromatic rings. The first-order valence-corrected chi connectivity index (χ1v) is 18.1. The van der Waals surface area contributed by atoms with Gasteiger partial charge in [0.05, 0.1) is 0 Å². The Kier molecular flexibility index (Phi) is 17.2. The van der Waals surface area contributed by atoms with Crippen LogP contribution >= 0.6 is 0 Å². The van der Waals surface area contributed by atoms with Gasteiger partial charge in [-0.2, -0.15) is 49.2 Å². The molecule has 0 aliphatic rings. The molecule has 0 unspecified atom stereocenters. The van der Waals surface area contributed by atoms with Crippen molar-refractivity contribution in [1.29, 1.82) is 0 Å². The van der Waals surface area contributed by atoms with Crippen LogP contribution in [0.25, 0.3) is 16.4 Å². The smallest absolute Gasteiger partial charge is 0.127 e. The summed E-state index contributed by atoms with van der Waals surface area (Å²) in [6.45, 7) is 23.5. The van der Waals surface area contributed by atoms with E-state index < -0.39 is 0 Å². The number of aromatic hydroxyl groups is 1. The zero-order valence-electron chi connectivity index (χ0n) is 32.4. The van der Waals surface area contributed by atoms with Gasteiger partial charge in [-0.25, -0.2) is 0 Å². The van der Waals surface area contributed by atoms with Crippen LogP contribution in [0.15, 0.2) is 146 Å². The van der Waals surface area contributed by atoms with Crippen molar-refractivity contribution in [3.63, 3.8) is 0 Å². The Balaban J connectivity index is 0.000000418. The summed E-state index contributed by atoms with van der Waals surface area (Å²) >= 11 is 0. The molecular formula is C49H55HfN2O-3. The first-order valence-electron chi connectivity index (χ1n) is 18.1. The maximum absolute atomic E-state index is 11.5. The fraction of sp³-hybridized carbons (Fsp3) is 0.224. The van der Waals surface area contributed by atoms with Gasteiger partial charge in [-0.3, -0.25) is 4.90 Å². The largest absolute Gasteiger partial charge is 0.683 e. The summed E-state index contributed by atoms with van der Waals surface area (Å²) in [5, 5.41) is 16.5. The van der Waals surface area contributed by atoms with Crippen molar-refractivity contribution >= 4 is 5.69 Å². The van der Waals surface area contributed by atoms with Crippen LogP contribution in [0.3, 0.4) is 0 Å². The number of aryl methyl sites for hydroxylation is 3. The minimum absolute atomic E-state index is 0. The Morgan fingerprint density at radius 1 is 0.623 bits per heavy atom. The van der Waals surface area contributed by atoms with Gasteiger partial charge < -0.3 is 10.4 Å². The van der Waals surface area contributed by atoms with E-state index in [9.17, 15) is 5.11 Å². The Bertz CT molecular complexity index is 1880. The van der Waals surface area contributed by atoms with E-state index in [0.717, 1.165) is 46.6 Å². The molecule has 6 rings (SSSR count). The van der Waals surface area contributed by atoms with Gasteiger partial charge in [0.1, 0.15) is 5.75 Å². The molecule has 274 valence electrons. The Morgan fingerprint density at radius 3 is 1.55 bits per heavy atom. The second-order valence-corrected chi connectivity index (χ2v) is 14.4. The SMILES string of the molecule is Cc1cc(C)c([N-]CCN(Cc2ccccc2)Cc2cc(C(C)(C)C)cc(-c3ccccc3)c2O)c(C)c1.[CH2-]c1ccccc1.[CH2-]c1ccccc1.[Hf]. The molecule has 0 bridgehead atoms. The van der Waals surface area contributed by atoms with Gasteiger partial charge in [-0.1, -0.05) is 128 Å². The van der Waals surface area contributed by atoms with Crippen LogP contribution in [0, 0.1) is 34.6 Å². The molecule has 0 saturated heterocycles. The third-order valence-electron chi connectivity index (χ3n) is 8.79. The summed E-state index contributed by atoms with van der Waals surface area (Å²) in [4.78, 5) is 2.40. The summed E-state index contributed by atoms with van der Waals surface area (Å²) < 4.78 is 0. The van der Waals surface area contributed by atoms with Gasteiger partial charge in [0, 0.05) is 50.1 Å². The number of nitrogens with zero attached hydrogens (tertiary/aromatic N) is 2. The van der Waals surface area contributed by atoms with Crippen LogP contribution in [0.4, 0.5) is 5.69 Å². The van der Waals surface area contributed by atoms with Crippen molar-refractivity contribution in [3.05, 3.63) is 209 Å². The molecule has 6 aromatic carbocycles. The van der Waals surface area contributed by atoms with Gasteiger partial charge in [0.25, 0.3) is 0 Å². The molecule has 0 atom stereocenters. The van der Waals surface area contributed by atoms with E-state index >= 15 is 0 Å². The Morgan fingerprint density at radius 2 is 1.09 bits per heavy atom. The van der Waals surface area contributed by atoms with E-state index in [4.69, 9.17) is 5.32 Å². The average Bonchev–Trinajstić information content (AvgIpc) is 3.12. The number of rotatable bonds is 9. The van der Waals surface area contributed by atoms with E-state index in [0.29, 0.717) is 18.8 Å². The molecule has 0 aromatic heterocycles. The number of hydrogen-bond acceptors (Lipinski definition) is 2. The summed E-state index contributed by atoms with van der Waals surface area (Å²) in [7, 11) is 0. The number of benzene rings is 6. The monoisotopic (exact) mass is 867 g/mol.